The number of hydrogen-bond acceptors (Lipinski definition) is 7. The van der Waals surface area contributed by atoms with E-state index in [-0.39, 0.29) is 24.6 Å². The summed E-state index contributed by atoms with van der Waals surface area (Å²) < 4.78 is 26.8. The fourth-order valence-corrected chi connectivity index (χ4v) is 2.83. The highest BCUT2D eigenvalue weighted by Crippen LogP contribution is 2.30. The topological polar surface area (TPSA) is 115 Å². The lowest BCUT2D eigenvalue weighted by atomic mass is 10.1. The van der Waals surface area contributed by atoms with E-state index in [9.17, 15) is 14.0 Å². The van der Waals surface area contributed by atoms with E-state index in [4.69, 9.17) is 9.15 Å². The number of furan rings is 1. The molecule has 1 fully saturated rings. The van der Waals surface area contributed by atoms with Gasteiger partial charge in [0.25, 0.3) is 0 Å². The lowest BCUT2D eigenvalue weighted by Gasteiger charge is -2.14. The number of tetrazole rings is 1. The number of benzene rings is 1. The van der Waals surface area contributed by atoms with Gasteiger partial charge in [-0.1, -0.05) is 0 Å². The zero-order chi connectivity index (χ0) is 19.7. The van der Waals surface area contributed by atoms with Crippen molar-refractivity contribution in [3.05, 3.63) is 42.5 Å². The number of nitrogens with one attached hydrogen (secondary N) is 1. The second kappa shape index (κ2) is 7.10. The third-order valence-electron chi connectivity index (χ3n) is 4.15. The summed E-state index contributed by atoms with van der Waals surface area (Å²) in [6, 6.07) is 7.56. The SMILES string of the molecule is CC(=O)NCC1CN(c2ccc(-c3ccc(-n4cnnn4)o3)c(F)c2)C(=O)O1. The van der Waals surface area contributed by atoms with Crippen LogP contribution < -0.4 is 10.2 Å². The fourth-order valence-electron chi connectivity index (χ4n) is 2.83. The van der Waals surface area contributed by atoms with Crippen molar-refractivity contribution in [1.29, 1.82) is 0 Å². The number of ether oxygens (including phenoxy) is 1. The maximum Gasteiger partial charge on any atom is 0.414 e. The van der Waals surface area contributed by atoms with Gasteiger partial charge in [-0.15, -0.1) is 5.10 Å². The Balaban J connectivity index is 1.52. The van der Waals surface area contributed by atoms with E-state index < -0.39 is 18.0 Å². The minimum absolute atomic E-state index is 0.199. The number of cyclic esters (lactones) is 1. The normalized spacial score (nSPS) is 16.3. The van der Waals surface area contributed by atoms with Crippen LogP contribution in [0.3, 0.4) is 0 Å². The largest absolute Gasteiger partial charge is 0.442 e. The zero-order valence-corrected chi connectivity index (χ0v) is 14.7. The number of aromatic nitrogens is 4. The van der Waals surface area contributed by atoms with Crippen LogP contribution in [0.4, 0.5) is 14.9 Å². The van der Waals surface area contributed by atoms with Gasteiger partial charge in [0.15, 0.2) is 0 Å². The standard InChI is InChI=1S/C17H15FN6O4/c1-10(25)19-7-12-8-23(17(26)27-12)11-2-3-13(14(18)6-11)15-4-5-16(28-15)24-9-20-21-22-24/h2-6,9,12H,7-8H2,1H3,(H,19,25). The number of carbonyl (C=O) groups is 2. The summed E-state index contributed by atoms with van der Waals surface area (Å²) in [5.74, 6) is -0.146. The van der Waals surface area contributed by atoms with E-state index in [2.05, 4.69) is 20.8 Å². The first-order valence-corrected chi connectivity index (χ1v) is 8.37. The van der Waals surface area contributed by atoms with Gasteiger partial charge in [-0.05, 0) is 34.7 Å². The smallest absolute Gasteiger partial charge is 0.414 e. The van der Waals surface area contributed by atoms with Crippen molar-refractivity contribution < 1.29 is 23.1 Å². The second-order valence-electron chi connectivity index (χ2n) is 6.11. The van der Waals surface area contributed by atoms with E-state index in [1.807, 2.05) is 0 Å². The molecule has 11 heteroatoms. The Labute approximate surface area is 157 Å². The highest BCUT2D eigenvalue weighted by Gasteiger charge is 2.32. The monoisotopic (exact) mass is 386 g/mol. The molecular weight excluding hydrogens is 371 g/mol. The van der Waals surface area contributed by atoms with Crippen molar-refractivity contribution in [2.24, 2.45) is 0 Å². The van der Waals surface area contributed by atoms with Gasteiger partial charge < -0.3 is 14.5 Å². The summed E-state index contributed by atoms with van der Waals surface area (Å²) in [6.07, 6.45) is 0.267. The summed E-state index contributed by atoms with van der Waals surface area (Å²) >= 11 is 0. The summed E-state index contributed by atoms with van der Waals surface area (Å²) in [5.41, 5.74) is 0.578. The molecule has 1 unspecified atom stereocenters. The first-order chi connectivity index (χ1) is 13.5. The van der Waals surface area contributed by atoms with E-state index in [1.54, 1.807) is 18.2 Å². The average molecular weight is 386 g/mol. The van der Waals surface area contributed by atoms with Gasteiger partial charge in [-0.25, -0.2) is 9.18 Å². The molecule has 2 amide bonds. The molecule has 10 nitrogen and oxygen atoms in total. The molecule has 1 aliphatic rings. The molecule has 1 N–H and O–H groups in total. The quantitative estimate of drug-likeness (QED) is 0.707. The van der Waals surface area contributed by atoms with Crippen molar-refractivity contribution in [2.45, 2.75) is 13.0 Å². The molecule has 28 heavy (non-hydrogen) atoms. The van der Waals surface area contributed by atoms with Crippen LogP contribution in [0.5, 0.6) is 0 Å². The van der Waals surface area contributed by atoms with Gasteiger partial charge in [0.05, 0.1) is 24.3 Å². The third kappa shape index (κ3) is 3.41. The summed E-state index contributed by atoms with van der Waals surface area (Å²) in [4.78, 5) is 24.4. The molecule has 1 aliphatic heterocycles. The zero-order valence-electron chi connectivity index (χ0n) is 14.7. The van der Waals surface area contributed by atoms with Gasteiger partial charge >= 0.3 is 6.09 Å². The molecule has 0 spiro atoms. The number of hydrogen-bond donors (Lipinski definition) is 1. The molecule has 1 atom stereocenters. The summed E-state index contributed by atoms with van der Waals surface area (Å²) in [7, 11) is 0. The maximum absolute atomic E-state index is 14.7. The van der Waals surface area contributed by atoms with Crippen molar-refractivity contribution in [1.82, 2.24) is 25.5 Å². The number of carbonyl (C=O) groups excluding carboxylic acids is 2. The van der Waals surface area contributed by atoms with Crippen LogP contribution in [0.1, 0.15) is 6.92 Å². The maximum atomic E-state index is 14.7. The van der Waals surface area contributed by atoms with Crippen LogP contribution in [0.2, 0.25) is 0 Å². The Bertz CT molecular complexity index is 1020. The molecular formula is C17H15FN6O4. The number of nitrogens with zero attached hydrogens (tertiary/aromatic N) is 5. The summed E-state index contributed by atoms with van der Waals surface area (Å²) in [5, 5.41) is 13.3. The van der Waals surface area contributed by atoms with Gasteiger partial charge in [-0.3, -0.25) is 9.69 Å². The highest BCUT2D eigenvalue weighted by atomic mass is 19.1. The minimum Gasteiger partial charge on any atom is -0.442 e. The number of amides is 2. The molecule has 0 aliphatic carbocycles. The highest BCUT2D eigenvalue weighted by molar-refractivity contribution is 5.90. The average Bonchev–Trinajstić information content (AvgIpc) is 3.40. The first kappa shape index (κ1) is 17.6. The van der Waals surface area contributed by atoms with Crippen LogP contribution in [-0.2, 0) is 9.53 Å². The predicted octanol–water partition coefficient (Wildman–Crippen LogP) is 1.52. The molecule has 2 aromatic heterocycles. The van der Waals surface area contributed by atoms with Crippen LogP contribution >= 0.6 is 0 Å². The molecule has 3 aromatic rings. The van der Waals surface area contributed by atoms with E-state index in [0.717, 1.165) is 0 Å². The Hall–Kier alpha value is -3.76. The fraction of sp³-hybridized carbons (Fsp3) is 0.235. The van der Waals surface area contributed by atoms with Crippen molar-refractivity contribution in [3.63, 3.8) is 0 Å². The summed E-state index contributed by atoms with van der Waals surface area (Å²) in [6.45, 7) is 1.79. The molecule has 0 bridgehead atoms. The molecule has 4 rings (SSSR count). The van der Waals surface area contributed by atoms with Crippen molar-refractivity contribution in [2.75, 3.05) is 18.0 Å². The van der Waals surface area contributed by atoms with Crippen LogP contribution in [0.25, 0.3) is 17.2 Å². The first-order valence-electron chi connectivity index (χ1n) is 8.37. The lowest BCUT2D eigenvalue weighted by Crippen LogP contribution is -2.33. The van der Waals surface area contributed by atoms with Crippen LogP contribution in [-0.4, -0.2) is 51.4 Å². The number of halogens is 1. The molecule has 0 saturated carbocycles. The van der Waals surface area contributed by atoms with Crippen LogP contribution in [0, 0.1) is 5.82 Å². The van der Waals surface area contributed by atoms with E-state index in [1.165, 1.54) is 35.0 Å². The van der Waals surface area contributed by atoms with Gasteiger partial charge in [-0.2, -0.15) is 4.68 Å². The molecule has 144 valence electrons. The lowest BCUT2D eigenvalue weighted by molar-refractivity contribution is -0.119. The van der Waals surface area contributed by atoms with Gasteiger partial charge in [0.1, 0.15) is 24.0 Å². The Morgan fingerprint density at radius 1 is 1.36 bits per heavy atom. The van der Waals surface area contributed by atoms with Crippen LogP contribution in [0.15, 0.2) is 41.1 Å². The number of rotatable bonds is 5. The molecule has 1 aromatic carbocycles. The second-order valence-corrected chi connectivity index (χ2v) is 6.11. The van der Waals surface area contributed by atoms with Gasteiger partial charge in [0, 0.05) is 13.0 Å². The Morgan fingerprint density at radius 2 is 2.21 bits per heavy atom. The van der Waals surface area contributed by atoms with Crippen molar-refractivity contribution >= 4 is 17.7 Å². The Morgan fingerprint density at radius 3 is 2.93 bits per heavy atom. The molecule has 0 radical (unpaired) electrons. The van der Waals surface area contributed by atoms with E-state index >= 15 is 0 Å². The van der Waals surface area contributed by atoms with Gasteiger partial charge in [0.2, 0.25) is 11.8 Å². The minimum atomic E-state index is -0.596. The molecule has 1 saturated heterocycles. The van der Waals surface area contributed by atoms with Crippen molar-refractivity contribution in [3.8, 4) is 17.2 Å². The molecule has 3 heterocycles. The Kier molecular flexibility index (Phi) is 4.47. The van der Waals surface area contributed by atoms with E-state index in [0.29, 0.717) is 17.3 Å². The number of anilines is 1. The predicted molar refractivity (Wildman–Crippen MR) is 93.1 cm³/mol. The third-order valence-corrected chi connectivity index (χ3v) is 4.15.